The summed E-state index contributed by atoms with van der Waals surface area (Å²) >= 11 is 6.71. The minimum Gasteiger partial charge on any atom is -0.496 e. The van der Waals surface area contributed by atoms with E-state index in [1.165, 1.54) is 6.21 Å². The Labute approximate surface area is 150 Å². The number of hydrogen-bond donors (Lipinski definition) is 1. The molecule has 0 aromatic heterocycles. The van der Waals surface area contributed by atoms with Gasteiger partial charge < -0.3 is 9.47 Å². The maximum atomic E-state index is 11.7. The van der Waals surface area contributed by atoms with Crippen LogP contribution in [0.3, 0.4) is 0 Å². The highest BCUT2D eigenvalue weighted by Gasteiger charge is 2.03. The molecule has 0 radical (unpaired) electrons. The Morgan fingerprint density at radius 3 is 2.57 bits per heavy atom. The molecule has 0 heterocycles. The zero-order valence-corrected chi connectivity index (χ0v) is 15.4. The first-order valence-electron chi connectivity index (χ1n) is 6.62. The van der Waals surface area contributed by atoms with E-state index >= 15 is 0 Å². The Morgan fingerprint density at radius 1 is 1.17 bits per heavy atom. The monoisotopic (exact) mass is 440 g/mol. The van der Waals surface area contributed by atoms with Crippen molar-refractivity contribution in [2.24, 2.45) is 5.10 Å². The lowest BCUT2D eigenvalue weighted by molar-refractivity contribution is -0.123. The van der Waals surface area contributed by atoms with Crippen LogP contribution in [-0.2, 0) is 4.79 Å². The third-order valence-corrected chi connectivity index (χ3v) is 3.79. The van der Waals surface area contributed by atoms with Crippen molar-refractivity contribution in [2.75, 3.05) is 13.7 Å². The number of nitrogens with one attached hydrogen (secondary N) is 1. The normalized spacial score (nSPS) is 10.6. The van der Waals surface area contributed by atoms with E-state index in [-0.39, 0.29) is 12.5 Å². The Bertz CT molecular complexity index is 703. The van der Waals surface area contributed by atoms with E-state index in [1.807, 2.05) is 30.3 Å². The quantitative estimate of drug-likeness (QED) is 0.548. The second kappa shape index (κ2) is 8.69. The summed E-state index contributed by atoms with van der Waals surface area (Å²) in [4.78, 5) is 11.7. The average Bonchev–Trinajstić information content (AvgIpc) is 2.54. The number of nitrogens with zero attached hydrogens (tertiary/aromatic N) is 1. The van der Waals surface area contributed by atoms with Crippen molar-refractivity contribution in [3.05, 3.63) is 57.0 Å². The summed E-state index contributed by atoms with van der Waals surface area (Å²) in [5, 5.41) is 3.90. The Balaban J connectivity index is 1.86. The zero-order valence-electron chi connectivity index (χ0n) is 12.3. The molecule has 0 bridgehead atoms. The highest BCUT2D eigenvalue weighted by molar-refractivity contribution is 9.10. The number of hydrazone groups is 1. The minimum absolute atomic E-state index is 0.116. The van der Waals surface area contributed by atoms with E-state index in [0.717, 1.165) is 14.5 Å². The molecule has 0 aliphatic carbocycles. The Kier molecular flexibility index (Phi) is 6.61. The van der Waals surface area contributed by atoms with Crippen molar-refractivity contribution in [1.82, 2.24) is 5.43 Å². The topological polar surface area (TPSA) is 59.9 Å². The molecule has 0 saturated heterocycles. The van der Waals surface area contributed by atoms with Crippen LogP contribution in [0.25, 0.3) is 0 Å². The summed E-state index contributed by atoms with van der Waals surface area (Å²) in [5.74, 6) is 0.927. The molecule has 1 amide bonds. The van der Waals surface area contributed by atoms with E-state index in [0.29, 0.717) is 11.5 Å². The second-order valence-corrected chi connectivity index (χ2v) is 6.25. The van der Waals surface area contributed by atoms with Crippen LogP contribution in [0.4, 0.5) is 0 Å². The highest BCUT2D eigenvalue weighted by Crippen LogP contribution is 2.21. The number of carbonyl (C=O) groups is 1. The van der Waals surface area contributed by atoms with Gasteiger partial charge in [-0.25, -0.2) is 5.43 Å². The lowest BCUT2D eigenvalue weighted by Gasteiger charge is -2.06. The molecule has 0 spiro atoms. The fraction of sp³-hybridized carbons (Fsp3) is 0.125. The first kappa shape index (κ1) is 17.5. The van der Waals surface area contributed by atoms with Crippen LogP contribution >= 0.6 is 31.9 Å². The summed E-state index contributed by atoms with van der Waals surface area (Å²) in [7, 11) is 1.57. The third kappa shape index (κ3) is 5.69. The SMILES string of the molecule is COc1ccc(Br)cc1/C=N\NC(=O)COc1ccc(Br)cc1. The number of benzene rings is 2. The fourth-order valence-corrected chi connectivity index (χ4v) is 2.34. The number of amides is 1. The van der Waals surface area contributed by atoms with E-state index in [2.05, 4.69) is 42.4 Å². The van der Waals surface area contributed by atoms with Gasteiger partial charge in [0.1, 0.15) is 11.5 Å². The Morgan fingerprint density at radius 2 is 1.87 bits per heavy atom. The lowest BCUT2D eigenvalue weighted by atomic mass is 10.2. The number of halogens is 2. The molecule has 0 atom stereocenters. The molecule has 0 aliphatic rings. The predicted molar refractivity (Wildman–Crippen MR) is 96.1 cm³/mol. The standard InChI is InChI=1S/C16H14Br2N2O3/c1-22-15-7-4-13(18)8-11(15)9-19-20-16(21)10-23-14-5-2-12(17)3-6-14/h2-9H,10H2,1H3,(H,20,21)/b19-9-. The van der Waals surface area contributed by atoms with Gasteiger partial charge in [-0.2, -0.15) is 5.10 Å². The maximum Gasteiger partial charge on any atom is 0.277 e. The molecular formula is C16H14Br2N2O3. The van der Waals surface area contributed by atoms with Crippen molar-refractivity contribution in [3.63, 3.8) is 0 Å². The zero-order chi connectivity index (χ0) is 16.7. The van der Waals surface area contributed by atoms with Gasteiger partial charge in [0, 0.05) is 14.5 Å². The van der Waals surface area contributed by atoms with Gasteiger partial charge in [-0.1, -0.05) is 31.9 Å². The van der Waals surface area contributed by atoms with Gasteiger partial charge in [0.25, 0.3) is 5.91 Å². The molecule has 7 heteroatoms. The van der Waals surface area contributed by atoms with Crippen molar-refractivity contribution in [3.8, 4) is 11.5 Å². The van der Waals surface area contributed by atoms with Crippen LogP contribution in [0.2, 0.25) is 0 Å². The summed E-state index contributed by atoms with van der Waals surface area (Å²) in [6.45, 7) is -0.116. The van der Waals surface area contributed by atoms with Gasteiger partial charge in [0.2, 0.25) is 0 Å². The van der Waals surface area contributed by atoms with Crippen LogP contribution in [0.5, 0.6) is 11.5 Å². The molecule has 2 rings (SSSR count). The van der Waals surface area contributed by atoms with Crippen molar-refractivity contribution >= 4 is 44.0 Å². The number of methoxy groups -OCH3 is 1. The molecular weight excluding hydrogens is 428 g/mol. The van der Waals surface area contributed by atoms with Gasteiger partial charge in [-0.05, 0) is 42.5 Å². The van der Waals surface area contributed by atoms with E-state index in [1.54, 1.807) is 19.2 Å². The molecule has 0 fully saturated rings. The van der Waals surface area contributed by atoms with Gasteiger partial charge in [-0.15, -0.1) is 0 Å². The Hall–Kier alpha value is -1.86. The third-order valence-electron chi connectivity index (χ3n) is 2.77. The largest absolute Gasteiger partial charge is 0.496 e. The van der Waals surface area contributed by atoms with Crippen LogP contribution in [0, 0.1) is 0 Å². The molecule has 2 aromatic carbocycles. The van der Waals surface area contributed by atoms with Gasteiger partial charge in [-0.3, -0.25) is 4.79 Å². The van der Waals surface area contributed by atoms with Crippen LogP contribution in [0.15, 0.2) is 56.5 Å². The molecule has 120 valence electrons. The summed E-state index contributed by atoms with van der Waals surface area (Å²) in [6, 6.07) is 12.7. The van der Waals surface area contributed by atoms with Gasteiger partial charge >= 0.3 is 0 Å². The number of carbonyl (C=O) groups excluding carboxylic acids is 1. The molecule has 0 unspecified atom stereocenters. The molecule has 0 saturated carbocycles. The number of hydrogen-bond acceptors (Lipinski definition) is 4. The van der Waals surface area contributed by atoms with Crippen LogP contribution in [0.1, 0.15) is 5.56 Å². The van der Waals surface area contributed by atoms with Crippen LogP contribution < -0.4 is 14.9 Å². The maximum absolute atomic E-state index is 11.7. The predicted octanol–water partition coefficient (Wildman–Crippen LogP) is 3.75. The lowest BCUT2D eigenvalue weighted by Crippen LogP contribution is -2.24. The summed E-state index contributed by atoms with van der Waals surface area (Å²) < 4.78 is 12.4. The van der Waals surface area contributed by atoms with Crippen LogP contribution in [-0.4, -0.2) is 25.8 Å². The van der Waals surface area contributed by atoms with E-state index < -0.39 is 0 Å². The summed E-state index contributed by atoms with van der Waals surface area (Å²) in [6.07, 6.45) is 1.52. The van der Waals surface area contributed by atoms with Crippen molar-refractivity contribution < 1.29 is 14.3 Å². The molecule has 23 heavy (non-hydrogen) atoms. The molecule has 5 nitrogen and oxygen atoms in total. The minimum atomic E-state index is -0.349. The van der Waals surface area contributed by atoms with E-state index in [4.69, 9.17) is 9.47 Å². The molecule has 0 aliphatic heterocycles. The highest BCUT2D eigenvalue weighted by atomic mass is 79.9. The fourth-order valence-electron chi connectivity index (χ4n) is 1.69. The summed E-state index contributed by atoms with van der Waals surface area (Å²) in [5.41, 5.74) is 3.16. The van der Waals surface area contributed by atoms with Crippen molar-refractivity contribution in [1.29, 1.82) is 0 Å². The smallest absolute Gasteiger partial charge is 0.277 e. The second-order valence-electron chi connectivity index (χ2n) is 4.42. The average molecular weight is 442 g/mol. The van der Waals surface area contributed by atoms with E-state index in [9.17, 15) is 4.79 Å². The molecule has 1 N–H and O–H groups in total. The van der Waals surface area contributed by atoms with Gasteiger partial charge in [0.15, 0.2) is 6.61 Å². The first-order chi connectivity index (χ1) is 11.1. The number of ether oxygens (including phenoxy) is 2. The molecule has 2 aromatic rings. The van der Waals surface area contributed by atoms with Crippen molar-refractivity contribution in [2.45, 2.75) is 0 Å². The number of rotatable bonds is 6. The first-order valence-corrected chi connectivity index (χ1v) is 8.21. The van der Waals surface area contributed by atoms with Gasteiger partial charge in [0.05, 0.1) is 13.3 Å².